The molecule has 0 aromatic heterocycles. The minimum absolute atomic E-state index is 0.119. The molecule has 2 aromatic carbocycles. The summed E-state index contributed by atoms with van der Waals surface area (Å²) in [6.45, 7) is 0.825. The highest BCUT2D eigenvalue weighted by atomic mass is 19.1. The average Bonchev–Trinajstić information content (AvgIpc) is 3.05. The summed E-state index contributed by atoms with van der Waals surface area (Å²) in [7, 11) is 1.62. The van der Waals surface area contributed by atoms with Gasteiger partial charge in [-0.3, -0.25) is 9.59 Å². The van der Waals surface area contributed by atoms with Crippen LogP contribution in [0.15, 0.2) is 48.5 Å². The molecule has 2 aromatic rings. The first-order valence-electron chi connectivity index (χ1n) is 8.53. The Labute approximate surface area is 151 Å². The van der Waals surface area contributed by atoms with Gasteiger partial charge in [0.1, 0.15) is 11.6 Å². The lowest BCUT2D eigenvalue weighted by atomic mass is 10.1. The fourth-order valence-corrected chi connectivity index (χ4v) is 3.02. The first kappa shape index (κ1) is 17.9. The van der Waals surface area contributed by atoms with E-state index in [1.54, 1.807) is 19.2 Å². The average molecular weight is 356 g/mol. The Bertz CT molecular complexity index is 775. The van der Waals surface area contributed by atoms with Crippen LogP contribution >= 0.6 is 0 Å². The molecule has 1 N–H and O–H groups in total. The summed E-state index contributed by atoms with van der Waals surface area (Å²) in [5.74, 6) is -0.192. The molecule has 5 nitrogen and oxygen atoms in total. The highest BCUT2D eigenvalue weighted by molar-refractivity contribution is 6.00. The lowest BCUT2D eigenvalue weighted by Crippen LogP contribution is -2.34. The molecule has 1 aliphatic rings. The summed E-state index contributed by atoms with van der Waals surface area (Å²) in [5.41, 5.74) is 1.71. The zero-order valence-corrected chi connectivity index (χ0v) is 14.6. The minimum atomic E-state index is -0.386. The molecule has 3 rings (SSSR count). The molecule has 0 aliphatic carbocycles. The van der Waals surface area contributed by atoms with Crippen LogP contribution in [0.1, 0.15) is 12.0 Å². The van der Waals surface area contributed by atoms with Crippen molar-refractivity contribution in [1.29, 1.82) is 0 Å². The van der Waals surface area contributed by atoms with E-state index in [-0.39, 0.29) is 30.0 Å². The third kappa shape index (κ3) is 4.20. The van der Waals surface area contributed by atoms with E-state index in [1.165, 1.54) is 17.0 Å². The number of hydrogen-bond acceptors (Lipinski definition) is 3. The van der Waals surface area contributed by atoms with E-state index in [9.17, 15) is 14.0 Å². The largest absolute Gasteiger partial charge is 0.497 e. The maximum Gasteiger partial charge on any atom is 0.227 e. The monoisotopic (exact) mass is 356 g/mol. The first-order chi connectivity index (χ1) is 12.6. The third-order valence-electron chi connectivity index (χ3n) is 4.51. The van der Waals surface area contributed by atoms with Crippen LogP contribution in [0.3, 0.4) is 0 Å². The van der Waals surface area contributed by atoms with Gasteiger partial charge in [-0.1, -0.05) is 12.1 Å². The smallest absolute Gasteiger partial charge is 0.227 e. The van der Waals surface area contributed by atoms with Gasteiger partial charge in [-0.05, 0) is 48.4 Å². The van der Waals surface area contributed by atoms with Gasteiger partial charge < -0.3 is 15.0 Å². The zero-order valence-electron chi connectivity index (χ0n) is 14.6. The summed E-state index contributed by atoms with van der Waals surface area (Å²) < 4.78 is 18.1. The predicted molar refractivity (Wildman–Crippen MR) is 96.6 cm³/mol. The second kappa shape index (κ2) is 7.99. The topological polar surface area (TPSA) is 58.6 Å². The molecular weight excluding hydrogens is 335 g/mol. The molecule has 0 bridgehead atoms. The molecule has 1 atom stereocenters. The van der Waals surface area contributed by atoms with Gasteiger partial charge in [0.2, 0.25) is 11.8 Å². The number of halogens is 1. The van der Waals surface area contributed by atoms with Gasteiger partial charge in [0.15, 0.2) is 0 Å². The number of nitrogens with one attached hydrogen (secondary N) is 1. The number of nitrogens with zero attached hydrogens (tertiary/aromatic N) is 1. The zero-order chi connectivity index (χ0) is 18.5. The van der Waals surface area contributed by atoms with Gasteiger partial charge in [0.25, 0.3) is 0 Å². The number of carbonyl (C=O) groups excluding carboxylic acids is 2. The van der Waals surface area contributed by atoms with Crippen LogP contribution in [0.2, 0.25) is 0 Å². The molecule has 1 heterocycles. The number of amides is 2. The lowest BCUT2D eigenvalue weighted by molar-refractivity contribution is -0.126. The van der Waals surface area contributed by atoms with Crippen LogP contribution in [-0.4, -0.2) is 32.0 Å². The van der Waals surface area contributed by atoms with Crippen LogP contribution in [-0.2, 0) is 16.0 Å². The molecule has 0 radical (unpaired) electrons. The molecule has 26 heavy (non-hydrogen) atoms. The Hall–Kier alpha value is -2.89. The number of rotatable bonds is 6. The van der Waals surface area contributed by atoms with E-state index in [0.717, 1.165) is 11.3 Å². The van der Waals surface area contributed by atoms with Gasteiger partial charge >= 0.3 is 0 Å². The van der Waals surface area contributed by atoms with Crippen LogP contribution in [0.5, 0.6) is 5.75 Å². The highest BCUT2D eigenvalue weighted by Gasteiger charge is 2.34. The van der Waals surface area contributed by atoms with Crippen molar-refractivity contribution in [3.05, 3.63) is 59.9 Å². The van der Waals surface area contributed by atoms with Crippen LogP contribution in [0.4, 0.5) is 10.1 Å². The molecule has 2 amide bonds. The normalized spacial score (nSPS) is 16.6. The summed E-state index contributed by atoms with van der Waals surface area (Å²) in [6, 6.07) is 13.4. The lowest BCUT2D eigenvalue weighted by Gasteiger charge is -2.16. The molecule has 136 valence electrons. The van der Waals surface area contributed by atoms with Crippen LogP contribution in [0.25, 0.3) is 0 Å². The Kier molecular flexibility index (Phi) is 5.51. The molecule has 6 heteroatoms. The summed E-state index contributed by atoms with van der Waals surface area (Å²) >= 11 is 0. The Morgan fingerprint density at radius 2 is 1.88 bits per heavy atom. The summed E-state index contributed by atoms with van der Waals surface area (Å²) in [6.07, 6.45) is 0.879. The van der Waals surface area contributed by atoms with Crippen molar-refractivity contribution in [2.24, 2.45) is 5.92 Å². The van der Waals surface area contributed by atoms with E-state index >= 15 is 0 Å². The van der Waals surface area contributed by atoms with Crippen molar-refractivity contribution >= 4 is 17.5 Å². The quantitative estimate of drug-likeness (QED) is 0.865. The van der Waals surface area contributed by atoms with E-state index in [4.69, 9.17) is 4.74 Å². The van der Waals surface area contributed by atoms with Crippen molar-refractivity contribution in [3.8, 4) is 5.75 Å². The molecular formula is C20H21FN2O3. The van der Waals surface area contributed by atoms with E-state index in [2.05, 4.69) is 5.32 Å². The number of methoxy groups -OCH3 is 1. The number of hydrogen-bond donors (Lipinski definition) is 1. The molecule has 0 spiro atoms. The maximum atomic E-state index is 13.0. The molecule has 1 fully saturated rings. The molecule has 1 saturated heterocycles. The number of ether oxygens (including phenoxy) is 1. The fraction of sp³-hybridized carbons (Fsp3) is 0.300. The third-order valence-corrected chi connectivity index (χ3v) is 4.51. The first-order valence-corrected chi connectivity index (χ1v) is 8.53. The predicted octanol–water partition coefficient (Wildman–Crippen LogP) is 2.55. The minimum Gasteiger partial charge on any atom is -0.497 e. The highest BCUT2D eigenvalue weighted by Crippen LogP contribution is 2.25. The number of anilines is 1. The molecule has 0 unspecified atom stereocenters. The van der Waals surface area contributed by atoms with Crippen molar-refractivity contribution in [2.45, 2.75) is 12.8 Å². The molecule has 0 saturated carbocycles. The summed E-state index contributed by atoms with van der Waals surface area (Å²) in [4.78, 5) is 26.0. The van der Waals surface area contributed by atoms with Gasteiger partial charge in [0.05, 0.1) is 13.0 Å². The van der Waals surface area contributed by atoms with E-state index in [0.29, 0.717) is 25.2 Å². The SMILES string of the molecule is COc1ccc(CCNC(=O)[C@H]2CC(=O)N(c3ccc(F)cc3)C2)cc1. The number of carbonyl (C=O) groups is 2. The van der Waals surface area contributed by atoms with E-state index in [1.807, 2.05) is 24.3 Å². The standard InChI is InChI=1S/C20H21FN2O3/c1-26-18-8-2-14(3-9-18)10-11-22-20(25)15-12-19(24)23(13-15)17-6-4-16(21)5-7-17/h2-9,15H,10-13H2,1H3,(H,22,25)/t15-/m0/s1. The second-order valence-corrected chi connectivity index (χ2v) is 6.27. The van der Waals surface area contributed by atoms with Gasteiger partial charge in [-0.25, -0.2) is 4.39 Å². The van der Waals surface area contributed by atoms with Gasteiger partial charge in [-0.2, -0.15) is 0 Å². The van der Waals surface area contributed by atoms with Gasteiger partial charge in [-0.15, -0.1) is 0 Å². The van der Waals surface area contributed by atoms with Gasteiger partial charge in [0, 0.05) is 25.2 Å². The molecule has 1 aliphatic heterocycles. The van der Waals surface area contributed by atoms with Crippen molar-refractivity contribution < 1.29 is 18.7 Å². The number of benzene rings is 2. The Morgan fingerprint density at radius 3 is 2.54 bits per heavy atom. The van der Waals surface area contributed by atoms with Crippen molar-refractivity contribution in [1.82, 2.24) is 5.32 Å². The fourth-order valence-electron chi connectivity index (χ4n) is 3.02. The van der Waals surface area contributed by atoms with Crippen LogP contribution in [0, 0.1) is 11.7 Å². The van der Waals surface area contributed by atoms with Crippen molar-refractivity contribution in [3.63, 3.8) is 0 Å². The van der Waals surface area contributed by atoms with Crippen LogP contribution < -0.4 is 15.0 Å². The second-order valence-electron chi connectivity index (χ2n) is 6.27. The Balaban J connectivity index is 1.50. The van der Waals surface area contributed by atoms with E-state index < -0.39 is 0 Å². The maximum absolute atomic E-state index is 13.0. The summed E-state index contributed by atoms with van der Waals surface area (Å²) in [5, 5.41) is 2.89. The van der Waals surface area contributed by atoms with Crippen molar-refractivity contribution in [2.75, 3.05) is 25.1 Å². The Morgan fingerprint density at radius 1 is 1.19 bits per heavy atom.